The molecule has 2 heterocycles. The van der Waals surface area contributed by atoms with Gasteiger partial charge in [0.05, 0.1) is 17.7 Å². The fourth-order valence-corrected chi connectivity index (χ4v) is 5.99. The number of aromatic nitrogens is 1. The maximum Gasteiger partial charge on any atom is 0.258 e. The predicted molar refractivity (Wildman–Crippen MR) is 141 cm³/mol. The zero-order valence-electron chi connectivity index (χ0n) is 20.3. The minimum Gasteiger partial charge on any atom is -0.493 e. The molecule has 1 amide bonds. The van der Waals surface area contributed by atoms with Crippen molar-refractivity contribution in [2.24, 2.45) is 5.92 Å². The third-order valence-electron chi connectivity index (χ3n) is 6.96. The van der Waals surface area contributed by atoms with E-state index < -0.39 is 22.3 Å². The summed E-state index contributed by atoms with van der Waals surface area (Å²) in [5.41, 5.74) is 3.16. The van der Waals surface area contributed by atoms with Gasteiger partial charge in [-0.25, -0.2) is 4.39 Å². The maximum atomic E-state index is 14.6. The van der Waals surface area contributed by atoms with Gasteiger partial charge in [-0.3, -0.25) is 18.9 Å². The molecule has 9 heteroatoms. The first kappa shape index (κ1) is 25.0. The Morgan fingerprint density at radius 3 is 2.64 bits per heavy atom. The number of aryl methyl sites for hydroxylation is 1. The van der Waals surface area contributed by atoms with Gasteiger partial charge in [-0.2, -0.15) is 10.6 Å². The van der Waals surface area contributed by atoms with Crippen LogP contribution in [0.3, 0.4) is 0 Å². The summed E-state index contributed by atoms with van der Waals surface area (Å²) < 4.78 is 39.8. The summed E-state index contributed by atoms with van der Waals surface area (Å²) in [7, 11) is -2.38. The molecule has 0 spiro atoms. The first-order valence-electron chi connectivity index (χ1n) is 12.4. The van der Waals surface area contributed by atoms with Crippen LogP contribution in [0, 0.1) is 18.7 Å². The van der Waals surface area contributed by atoms with Gasteiger partial charge in [0.15, 0.2) is 0 Å². The molecule has 0 atom stereocenters. The molecule has 1 saturated carbocycles. The molecule has 0 unspecified atom stereocenters. The number of ether oxygens (including phenoxy) is 1. The quantitative estimate of drug-likeness (QED) is 0.307. The van der Waals surface area contributed by atoms with Gasteiger partial charge >= 0.3 is 0 Å². The average molecular weight is 514 g/mol. The standard InChI is InChI=1S/C27H32FN3O4S/c1-17-25(31-27(32)23-6-5-22(13-24(23)28)35-16-18-2-3-18)7-4-20-12-19(15-30-26(17)20)14-29-21-8-10-36(33,34)11-9-21/h4-7,12-13,15,18,21,29,33-34H,2-3,8-11,14,16H2,1H3,(H,31,32). The molecule has 0 bridgehead atoms. The van der Waals surface area contributed by atoms with Crippen LogP contribution in [-0.2, 0) is 6.54 Å². The minimum absolute atomic E-state index is 0.0356. The molecule has 2 aromatic carbocycles. The van der Waals surface area contributed by atoms with Crippen molar-refractivity contribution in [1.29, 1.82) is 0 Å². The van der Waals surface area contributed by atoms with Crippen molar-refractivity contribution in [2.75, 3.05) is 23.4 Å². The number of hydrogen-bond acceptors (Lipinski definition) is 6. The highest BCUT2D eigenvalue weighted by Crippen LogP contribution is 2.43. The zero-order chi connectivity index (χ0) is 25.3. The van der Waals surface area contributed by atoms with Crippen LogP contribution in [0.5, 0.6) is 5.75 Å². The second-order valence-electron chi connectivity index (χ2n) is 9.87. The van der Waals surface area contributed by atoms with Crippen molar-refractivity contribution < 1.29 is 23.0 Å². The number of benzene rings is 2. The molecule has 36 heavy (non-hydrogen) atoms. The molecule has 1 saturated heterocycles. The lowest BCUT2D eigenvalue weighted by atomic mass is 10.1. The second kappa shape index (κ2) is 10.3. The molecular formula is C27H32FN3O4S. The number of pyridine rings is 1. The van der Waals surface area contributed by atoms with Crippen molar-refractivity contribution in [3.8, 4) is 5.75 Å². The van der Waals surface area contributed by atoms with Gasteiger partial charge in [-0.15, -0.1) is 0 Å². The fourth-order valence-electron chi connectivity index (χ4n) is 4.46. The third-order valence-corrected chi connectivity index (χ3v) is 8.74. The van der Waals surface area contributed by atoms with Gasteiger partial charge in [0.25, 0.3) is 5.91 Å². The lowest BCUT2D eigenvalue weighted by Crippen LogP contribution is -2.35. The Bertz CT molecular complexity index is 1270. The summed E-state index contributed by atoms with van der Waals surface area (Å²) in [4.78, 5) is 17.4. The van der Waals surface area contributed by atoms with Gasteiger partial charge < -0.3 is 15.4 Å². The van der Waals surface area contributed by atoms with E-state index in [1.807, 2.05) is 25.3 Å². The Morgan fingerprint density at radius 2 is 1.92 bits per heavy atom. The van der Waals surface area contributed by atoms with Crippen molar-refractivity contribution in [2.45, 2.75) is 45.2 Å². The molecule has 7 nitrogen and oxygen atoms in total. The summed E-state index contributed by atoms with van der Waals surface area (Å²) in [6.07, 6.45) is 5.62. The highest BCUT2D eigenvalue weighted by molar-refractivity contribution is 8.24. The van der Waals surface area contributed by atoms with E-state index in [-0.39, 0.29) is 11.6 Å². The number of carbonyl (C=O) groups is 1. The molecule has 2 fully saturated rings. The molecule has 1 aromatic heterocycles. The first-order valence-corrected chi connectivity index (χ1v) is 14.2. The predicted octanol–water partition coefficient (Wildman–Crippen LogP) is 5.73. The summed E-state index contributed by atoms with van der Waals surface area (Å²) in [5, 5.41) is 7.25. The molecule has 3 aromatic rings. The lowest BCUT2D eigenvalue weighted by molar-refractivity contribution is 0.102. The Hall–Kier alpha value is -2.72. The third kappa shape index (κ3) is 5.98. The molecule has 5 rings (SSSR count). The van der Waals surface area contributed by atoms with Crippen LogP contribution in [-0.4, -0.2) is 44.2 Å². The van der Waals surface area contributed by atoms with Crippen LogP contribution >= 0.6 is 10.6 Å². The molecule has 1 aliphatic carbocycles. The molecule has 2 aliphatic rings. The Morgan fingerprint density at radius 1 is 1.14 bits per heavy atom. The van der Waals surface area contributed by atoms with E-state index in [1.54, 1.807) is 6.07 Å². The topological polar surface area (TPSA) is 104 Å². The largest absolute Gasteiger partial charge is 0.493 e. The summed E-state index contributed by atoms with van der Waals surface area (Å²) in [6, 6.07) is 10.4. The van der Waals surface area contributed by atoms with Crippen LogP contribution in [0.15, 0.2) is 42.6 Å². The fraction of sp³-hybridized carbons (Fsp3) is 0.407. The number of halogens is 1. The molecule has 1 aliphatic heterocycles. The average Bonchev–Trinajstić information content (AvgIpc) is 3.68. The number of amides is 1. The molecule has 0 radical (unpaired) electrons. The van der Waals surface area contributed by atoms with Gasteiger partial charge in [0.2, 0.25) is 0 Å². The number of fused-ring (bicyclic) bond motifs is 1. The summed E-state index contributed by atoms with van der Waals surface area (Å²) in [5.74, 6) is 0.779. The Kier molecular flexibility index (Phi) is 7.16. The monoisotopic (exact) mass is 513 g/mol. The van der Waals surface area contributed by atoms with Crippen LogP contribution in [0.1, 0.15) is 47.2 Å². The number of nitrogens with zero attached hydrogens (tertiary/aromatic N) is 1. The van der Waals surface area contributed by atoms with Crippen LogP contribution in [0.2, 0.25) is 0 Å². The van der Waals surface area contributed by atoms with Gasteiger partial charge in [-0.1, -0.05) is 6.07 Å². The van der Waals surface area contributed by atoms with E-state index in [2.05, 4.69) is 21.7 Å². The van der Waals surface area contributed by atoms with Gasteiger partial charge in [0.1, 0.15) is 11.6 Å². The summed E-state index contributed by atoms with van der Waals surface area (Å²) >= 11 is 0. The minimum atomic E-state index is -2.38. The highest BCUT2D eigenvalue weighted by atomic mass is 32.3. The van der Waals surface area contributed by atoms with E-state index in [0.29, 0.717) is 42.0 Å². The van der Waals surface area contributed by atoms with Crippen LogP contribution in [0.25, 0.3) is 10.9 Å². The zero-order valence-corrected chi connectivity index (χ0v) is 21.1. The SMILES string of the molecule is Cc1c(NC(=O)c2ccc(OCC3CC3)cc2F)ccc2cc(CNC3CCS(O)(O)CC3)cnc12. The maximum absolute atomic E-state index is 14.6. The van der Waals surface area contributed by atoms with Gasteiger partial charge in [0, 0.05) is 47.4 Å². The number of hydrogen-bond donors (Lipinski definition) is 4. The Balaban J connectivity index is 1.23. The Labute approximate surface area is 211 Å². The highest BCUT2D eigenvalue weighted by Gasteiger charge is 2.24. The first-order chi connectivity index (χ1) is 17.3. The normalized spacial score (nSPS) is 18.7. The number of nitrogens with one attached hydrogen (secondary N) is 2. The second-order valence-corrected chi connectivity index (χ2v) is 12.3. The number of carbonyl (C=O) groups excluding carboxylic acids is 1. The van der Waals surface area contributed by atoms with Gasteiger partial charge in [-0.05, 0) is 73.9 Å². The van der Waals surface area contributed by atoms with Crippen molar-refractivity contribution in [3.05, 3.63) is 65.1 Å². The van der Waals surface area contributed by atoms with E-state index >= 15 is 0 Å². The molecular weight excluding hydrogens is 481 g/mol. The van der Waals surface area contributed by atoms with E-state index in [4.69, 9.17) is 4.74 Å². The lowest BCUT2D eigenvalue weighted by Gasteiger charge is -2.39. The van der Waals surface area contributed by atoms with E-state index in [9.17, 15) is 18.3 Å². The van der Waals surface area contributed by atoms with Crippen LogP contribution < -0.4 is 15.4 Å². The van der Waals surface area contributed by atoms with Crippen molar-refractivity contribution >= 4 is 33.1 Å². The molecule has 192 valence electrons. The van der Waals surface area contributed by atoms with E-state index in [1.165, 1.54) is 12.1 Å². The van der Waals surface area contributed by atoms with Crippen molar-refractivity contribution in [1.82, 2.24) is 10.3 Å². The van der Waals surface area contributed by atoms with Crippen LogP contribution in [0.4, 0.5) is 10.1 Å². The van der Waals surface area contributed by atoms with E-state index in [0.717, 1.165) is 47.7 Å². The number of rotatable bonds is 8. The van der Waals surface area contributed by atoms with Crippen molar-refractivity contribution in [3.63, 3.8) is 0 Å². The summed E-state index contributed by atoms with van der Waals surface area (Å²) in [6.45, 7) is 3.11. The number of anilines is 1. The smallest absolute Gasteiger partial charge is 0.258 e. The molecule has 4 N–H and O–H groups in total.